The van der Waals surface area contributed by atoms with Gasteiger partial charge >= 0.3 is 0 Å². The molecule has 25 heavy (non-hydrogen) atoms. The number of imidazole rings is 1. The highest BCUT2D eigenvalue weighted by Gasteiger charge is 2.20. The lowest BCUT2D eigenvalue weighted by Gasteiger charge is -2.17. The summed E-state index contributed by atoms with van der Waals surface area (Å²) in [6.07, 6.45) is 1.43. The SMILES string of the molecule is CC(C)(C)Cc1nc(-c2cc(F)ccc2F)[nH]c1Cc1ccccc1. The fraction of sp³-hybridized carbons (Fsp3) is 0.286. The molecule has 0 unspecified atom stereocenters. The van der Waals surface area contributed by atoms with Crippen molar-refractivity contribution in [1.29, 1.82) is 0 Å². The molecule has 0 aliphatic carbocycles. The predicted octanol–water partition coefficient (Wildman–Crippen LogP) is 5.53. The second kappa shape index (κ2) is 6.79. The van der Waals surface area contributed by atoms with E-state index in [2.05, 4.69) is 30.7 Å². The van der Waals surface area contributed by atoms with Gasteiger partial charge in [-0.05, 0) is 35.6 Å². The molecule has 3 aromatic rings. The molecule has 0 bridgehead atoms. The van der Waals surface area contributed by atoms with Crippen molar-refractivity contribution in [3.05, 3.63) is 77.1 Å². The normalized spacial score (nSPS) is 11.7. The van der Waals surface area contributed by atoms with Crippen molar-refractivity contribution in [2.45, 2.75) is 33.6 Å². The Morgan fingerprint density at radius 3 is 2.40 bits per heavy atom. The van der Waals surface area contributed by atoms with Crippen molar-refractivity contribution < 1.29 is 8.78 Å². The molecule has 0 saturated heterocycles. The number of halogens is 2. The first-order valence-corrected chi connectivity index (χ1v) is 8.39. The molecule has 0 amide bonds. The van der Waals surface area contributed by atoms with Crippen LogP contribution >= 0.6 is 0 Å². The van der Waals surface area contributed by atoms with Gasteiger partial charge in [0.2, 0.25) is 0 Å². The van der Waals surface area contributed by atoms with E-state index in [0.29, 0.717) is 12.2 Å². The largest absolute Gasteiger partial charge is 0.341 e. The topological polar surface area (TPSA) is 28.7 Å². The van der Waals surface area contributed by atoms with Crippen LogP contribution in [0.2, 0.25) is 0 Å². The highest BCUT2D eigenvalue weighted by atomic mass is 19.1. The number of aromatic nitrogens is 2. The zero-order valence-electron chi connectivity index (χ0n) is 14.7. The van der Waals surface area contributed by atoms with Gasteiger partial charge in [0.15, 0.2) is 0 Å². The molecule has 2 aromatic carbocycles. The predicted molar refractivity (Wildman–Crippen MR) is 96.3 cm³/mol. The number of aromatic amines is 1. The second-order valence-corrected chi connectivity index (χ2v) is 7.53. The average Bonchev–Trinajstić information content (AvgIpc) is 2.91. The summed E-state index contributed by atoms with van der Waals surface area (Å²) < 4.78 is 27.7. The Bertz CT molecular complexity index is 861. The molecule has 0 aliphatic rings. The van der Waals surface area contributed by atoms with Crippen LogP contribution in [0.4, 0.5) is 8.78 Å². The summed E-state index contributed by atoms with van der Waals surface area (Å²) in [7, 11) is 0. The maximum Gasteiger partial charge on any atom is 0.140 e. The summed E-state index contributed by atoms with van der Waals surface area (Å²) in [5.41, 5.74) is 3.19. The molecular weight excluding hydrogens is 318 g/mol. The number of nitrogens with zero attached hydrogens (tertiary/aromatic N) is 1. The van der Waals surface area contributed by atoms with Crippen LogP contribution < -0.4 is 0 Å². The van der Waals surface area contributed by atoms with Gasteiger partial charge < -0.3 is 4.98 Å². The maximum absolute atomic E-state index is 14.1. The molecule has 2 nitrogen and oxygen atoms in total. The lowest BCUT2D eigenvalue weighted by atomic mass is 9.89. The van der Waals surface area contributed by atoms with E-state index in [1.807, 2.05) is 30.3 Å². The quantitative estimate of drug-likeness (QED) is 0.664. The fourth-order valence-electron chi connectivity index (χ4n) is 2.85. The molecule has 1 aromatic heterocycles. The Balaban J connectivity index is 2.03. The number of H-pyrrole nitrogens is 1. The highest BCUT2D eigenvalue weighted by molar-refractivity contribution is 5.57. The number of hydrogen-bond acceptors (Lipinski definition) is 1. The monoisotopic (exact) mass is 340 g/mol. The van der Waals surface area contributed by atoms with Crippen molar-refractivity contribution >= 4 is 0 Å². The first-order valence-electron chi connectivity index (χ1n) is 8.39. The Kier molecular flexibility index (Phi) is 4.71. The van der Waals surface area contributed by atoms with E-state index in [1.165, 1.54) is 6.07 Å². The summed E-state index contributed by atoms with van der Waals surface area (Å²) in [6.45, 7) is 6.41. The molecule has 0 spiro atoms. The van der Waals surface area contributed by atoms with Crippen molar-refractivity contribution in [2.24, 2.45) is 5.41 Å². The minimum atomic E-state index is -0.483. The first-order chi connectivity index (χ1) is 11.8. The third-order valence-electron chi connectivity index (χ3n) is 3.97. The Hall–Kier alpha value is -2.49. The van der Waals surface area contributed by atoms with Gasteiger partial charge in [0.05, 0.1) is 11.3 Å². The van der Waals surface area contributed by atoms with Crippen LogP contribution in [-0.2, 0) is 12.8 Å². The molecule has 0 saturated carbocycles. The molecule has 4 heteroatoms. The van der Waals surface area contributed by atoms with Crippen molar-refractivity contribution in [3.63, 3.8) is 0 Å². The third kappa shape index (κ3) is 4.32. The Labute approximate surface area is 146 Å². The molecule has 0 atom stereocenters. The van der Waals surface area contributed by atoms with E-state index >= 15 is 0 Å². The van der Waals surface area contributed by atoms with Gasteiger partial charge in [-0.15, -0.1) is 0 Å². The lowest BCUT2D eigenvalue weighted by molar-refractivity contribution is 0.406. The highest BCUT2D eigenvalue weighted by Crippen LogP contribution is 2.28. The number of hydrogen-bond donors (Lipinski definition) is 1. The van der Waals surface area contributed by atoms with Crippen LogP contribution in [0, 0.1) is 17.0 Å². The summed E-state index contributed by atoms with van der Waals surface area (Å²) in [5.74, 6) is -0.583. The van der Waals surface area contributed by atoms with E-state index < -0.39 is 11.6 Å². The van der Waals surface area contributed by atoms with Crippen LogP contribution in [0.1, 0.15) is 37.7 Å². The van der Waals surface area contributed by atoms with Gasteiger partial charge in [0, 0.05) is 12.1 Å². The molecular formula is C21H22F2N2. The van der Waals surface area contributed by atoms with Crippen LogP contribution in [-0.4, -0.2) is 9.97 Å². The summed E-state index contributed by atoms with van der Waals surface area (Å²) in [4.78, 5) is 7.82. The molecule has 0 aliphatic heterocycles. The van der Waals surface area contributed by atoms with E-state index in [-0.39, 0.29) is 11.0 Å². The van der Waals surface area contributed by atoms with Crippen molar-refractivity contribution in [2.75, 3.05) is 0 Å². The van der Waals surface area contributed by atoms with Crippen LogP contribution in [0.25, 0.3) is 11.4 Å². The summed E-state index contributed by atoms with van der Waals surface area (Å²) in [6, 6.07) is 13.5. The van der Waals surface area contributed by atoms with E-state index in [1.54, 1.807) is 0 Å². The zero-order chi connectivity index (χ0) is 18.0. The number of benzene rings is 2. The number of nitrogens with one attached hydrogen (secondary N) is 1. The molecule has 3 rings (SSSR count). The number of rotatable bonds is 4. The minimum absolute atomic E-state index is 0.0401. The Morgan fingerprint density at radius 1 is 1.00 bits per heavy atom. The molecule has 1 N–H and O–H groups in total. The zero-order valence-corrected chi connectivity index (χ0v) is 14.7. The first kappa shape index (κ1) is 17.3. The van der Waals surface area contributed by atoms with E-state index in [4.69, 9.17) is 0 Å². The van der Waals surface area contributed by atoms with Crippen LogP contribution in [0.3, 0.4) is 0 Å². The van der Waals surface area contributed by atoms with Gasteiger partial charge in [0.25, 0.3) is 0 Å². The minimum Gasteiger partial charge on any atom is -0.341 e. The Morgan fingerprint density at radius 2 is 1.72 bits per heavy atom. The van der Waals surface area contributed by atoms with Gasteiger partial charge in [0.1, 0.15) is 17.5 Å². The van der Waals surface area contributed by atoms with Gasteiger partial charge in [-0.3, -0.25) is 0 Å². The molecule has 1 heterocycles. The fourth-order valence-corrected chi connectivity index (χ4v) is 2.85. The molecule has 0 fully saturated rings. The second-order valence-electron chi connectivity index (χ2n) is 7.53. The van der Waals surface area contributed by atoms with Crippen molar-refractivity contribution in [3.8, 4) is 11.4 Å². The average molecular weight is 340 g/mol. The van der Waals surface area contributed by atoms with Gasteiger partial charge in [-0.1, -0.05) is 51.1 Å². The van der Waals surface area contributed by atoms with E-state index in [0.717, 1.165) is 35.5 Å². The maximum atomic E-state index is 14.1. The standard InChI is InChI=1S/C21H22F2N2/c1-21(2,3)13-19-18(11-14-7-5-4-6-8-14)24-20(25-19)16-12-15(22)9-10-17(16)23/h4-10,12H,11,13H2,1-3H3,(H,24,25). The lowest BCUT2D eigenvalue weighted by Crippen LogP contribution is -2.11. The van der Waals surface area contributed by atoms with E-state index in [9.17, 15) is 8.78 Å². The molecule has 0 radical (unpaired) electrons. The van der Waals surface area contributed by atoms with Crippen molar-refractivity contribution in [1.82, 2.24) is 9.97 Å². The van der Waals surface area contributed by atoms with Crippen LogP contribution in [0.15, 0.2) is 48.5 Å². The summed E-state index contributed by atoms with van der Waals surface area (Å²) in [5, 5.41) is 0. The van der Waals surface area contributed by atoms with Gasteiger partial charge in [-0.25, -0.2) is 13.8 Å². The van der Waals surface area contributed by atoms with Gasteiger partial charge in [-0.2, -0.15) is 0 Å². The molecule has 130 valence electrons. The van der Waals surface area contributed by atoms with Crippen LogP contribution in [0.5, 0.6) is 0 Å². The smallest absolute Gasteiger partial charge is 0.140 e. The third-order valence-corrected chi connectivity index (χ3v) is 3.97. The summed E-state index contributed by atoms with van der Waals surface area (Å²) >= 11 is 0.